The Bertz CT molecular complexity index is 598. The van der Waals surface area contributed by atoms with Gasteiger partial charge in [0.1, 0.15) is 11.9 Å². The van der Waals surface area contributed by atoms with Crippen LogP contribution in [-0.4, -0.2) is 22.0 Å². The van der Waals surface area contributed by atoms with Crippen LogP contribution in [0, 0.1) is 0 Å². The Morgan fingerprint density at radius 1 is 1.50 bits per heavy atom. The van der Waals surface area contributed by atoms with Gasteiger partial charge in [-0.25, -0.2) is 0 Å². The van der Waals surface area contributed by atoms with Gasteiger partial charge in [-0.2, -0.15) is 5.10 Å². The zero-order chi connectivity index (χ0) is 14.7. The molecule has 0 radical (unpaired) electrons. The number of aliphatic hydroxyl groups excluding tert-OH is 1. The van der Waals surface area contributed by atoms with Crippen molar-refractivity contribution in [2.75, 3.05) is 12.8 Å². The SMILES string of the molecule is CCCn1ncc(Br)c1C(O)c1cccc(OC)c1N. The van der Waals surface area contributed by atoms with E-state index in [1.54, 1.807) is 30.1 Å². The fraction of sp³-hybridized carbons (Fsp3) is 0.357. The summed E-state index contributed by atoms with van der Waals surface area (Å²) in [6.07, 6.45) is 1.76. The molecule has 0 spiro atoms. The first-order chi connectivity index (χ1) is 9.60. The molecule has 1 heterocycles. The Hall–Kier alpha value is -1.53. The van der Waals surface area contributed by atoms with E-state index >= 15 is 0 Å². The number of hydrogen-bond acceptors (Lipinski definition) is 4. The maximum absolute atomic E-state index is 10.6. The number of methoxy groups -OCH3 is 1. The number of aromatic nitrogens is 2. The smallest absolute Gasteiger partial charge is 0.142 e. The molecule has 0 aliphatic carbocycles. The second-order valence-corrected chi connectivity index (χ2v) is 5.32. The number of hydrogen-bond donors (Lipinski definition) is 2. The van der Waals surface area contributed by atoms with Gasteiger partial charge in [0.2, 0.25) is 0 Å². The van der Waals surface area contributed by atoms with Crippen molar-refractivity contribution in [3.63, 3.8) is 0 Å². The van der Waals surface area contributed by atoms with Crippen LogP contribution in [0.25, 0.3) is 0 Å². The quantitative estimate of drug-likeness (QED) is 0.821. The molecule has 0 aliphatic heterocycles. The number of ether oxygens (including phenoxy) is 1. The van der Waals surface area contributed by atoms with Crippen LogP contribution in [0.3, 0.4) is 0 Å². The van der Waals surface area contributed by atoms with E-state index in [2.05, 4.69) is 28.0 Å². The van der Waals surface area contributed by atoms with Gasteiger partial charge in [-0.1, -0.05) is 19.1 Å². The maximum atomic E-state index is 10.6. The van der Waals surface area contributed by atoms with Gasteiger partial charge in [0.05, 0.1) is 29.2 Å². The minimum Gasteiger partial charge on any atom is -0.495 e. The van der Waals surface area contributed by atoms with Gasteiger partial charge in [-0.05, 0) is 28.4 Å². The highest BCUT2D eigenvalue weighted by Crippen LogP contribution is 2.35. The van der Waals surface area contributed by atoms with Crippen molar-refractivity contribution in [3.8, 4) is 5.75 Å². The second kappa shape index (κ2) is 6.28. The summed E-state index contributed by atoms with van der Waals surface area (Å²) in [5.74, 6) is 0.555. The van der Waals surface area contributed by atoms with Crippen LogP contribution in [0.5, 0.6) is 5.75 Å². The van der Waals surface area contributed by atoms with Gasteiger partial charge in [0.25, 0.3) is 0 Å². The molecule has 3 N–H and O–H groups in total. The lowest BCUT2D eigenvalue weighted by atomic mass is 10.0. The Labute approximate surface area is 126 Å². The summed E-state index contributed by atoms with van der Waals surface area (Å²) >= 11 is 3.43. The molecular weight excluding hydrogens is 322 g/mol. The summed E-state index contributed by atoms with van der Waals surface area (Å²) in [7, 11) is 1.55. The number of para-hydroxylation sites is 1. The Morgan fingerprint density at radius 2 is 2.25 bits per heavy atom. The first-order valence-electron chi connectivity index (χ1n) is 6.41. The number of aliphatic hydroxyl groups is 1. The Balaban J connectivity index is 2.46. The average molecular weight is 340 g/mol. The van der Waals surface area contributed by atoms with Crippen LogP contribution in [0.2, 0.25) is 0 Å². The molecule has 2 aromatic rings. The molecule has 1 aromatic heterocycles. The molecule has 0 saturated heterocycles. The van der Waals surface area contributed by atoms with Crippen LogP contribution in [0.15, 0.2) is 28.9 Å². The topological polar surface area (TPSA) is 73.3 Å². The summed E-state index contributed by atoms with van der Waals surface area (Å²) in [5, 5.41) is 14.9. The molecule has 0 amide bonds. The van der Waals surface area contributed by atoms with Crippen LogP contribution in [0.4, 0.5) is 5.69 Å². The zero-order valence-corrected chi connectivity index (χ0v) is 13.1. The van der Waals surface area contributed by atoms with Crippen molar-refractivity contribution in [1.29, 1.82) is 0 Å². The summed E-state index contributed by atoms with van der Waals surface area (Å²) < 4.78 is 7.74. The number of nitrogens with zero attached hydrogens (tertiary/aromatic N) is 2. The standard InChI is InChI=1S/C14H18BrN3O2/c1-3-7-18-13(10(15)8-17-18)14(19)9-5-4-6-11(20-2)12(9)16/h4-6,8,14,19H,3,7,16H2,1-2H3. The highest BCUT2D eigenvalue weighted by molar-refractivity contribution is 9.10. The van der Waals surface area contributed by atoms with E-state index < -0.39 is 6.10 Å². The number of benzene rings is 1. The van der Waals surface area contributed by atoms with Crippen LogP contribution in [-0.2, 0) is 6.54 Å². The van der Waals surface area contributed by atoms with Gasteiger partial charge < -0.3 is 15.6 Å². The van der Waals surface area contributed by atoms with E-state index in [4.69, 9.17) is 10.5 Å². The summed E-state index contributed by atoms with van der Waals surface area (Å²) in [4.78, 5) is 0. The molecule has 1 unspecified atom stereocenters. The predicted octanol–water partition coefficient (Wildman–Crippen LogP) is 2.73. The highest BCUT2D eigenvalue weighted by Gasteiger charge is 2.22. The van der Waals surface area contributed by atoms with E-state index in [0.717, 1.165) is 17.4 Å². The molecule has 20 heavy (non-hydrogen) atoms. The first kappa shape index (κ1) is 14.9. The lowest BCUT2D eigenvalue weighted by Crippen LogP contribution is -2.12. The van der Waals surface area contributed by atoms with E-state index in [0.29, 0.717) is 22.7 Å². The summed E-state index contributed by atoms with van der Waals surface area (Å²) in [5.41, 5.74) is 7.80. The number of rotatable bonds is 5. The lowest BCUT2D eigenvalue weighted by Gasteiger charge is -2.17. The van der Waals surface area contributed by atoms with Crippen molar-refractivity contribution in [2.24, 2.45) is 0 Å². The van der Waals surface area contributed by atoms with Gasteiger partial charge in [-0.3, -0.25) is 4.68 Å². The maximum Gasteiger partial charge on any atom is 0.142 e. The minimum absolute atomic E-state index is 0.443. The van der Waals surface area contributed by atoms with Crippen molar-refractivity contribution in [3.05, 3.63) is 40.1 Å². The minimum atomic E-state index is -0.853. The fourth-order valence-corrected chi connectivity index (χ4v) is 2.67. The summed E-state index contributed by atoms with van der Waals surface area (Å²) in [6.45, 7) is 2.80. The van der Waals surface area contributed by atoms with E-state index in [-0.39, 0.29) is 0 Å². The fourth-order valence-electron chi connectivity index (χ4n) is 2.16. The second-order valence-electron chi connectivity index (χ2n) is 4.47. The third-order valence-corrected chi connectivity index (χ3v) is 3.75. The highest BCUT2D eigenvalue weighted by atomic mass is 79.9. The number of halogens is 1. The number of nitrogen functional groups attached to an aromatic ring is 1. The molecule has 108 valence electrons. The lowest BCUT2D eigenvalue weighted by molar-refractivity contribution is 0.207. The number of anilines is 1. The van der Waals surface area contributed by atoms with Crippen molar-refractivity contribution in [2.45, 2.75) is 26.0 Å². The monoisotopic (exact) mass is 339 g/mol. The van der Waals surface area contributed by atoms with Crippen molar-refractivity contribution >= 4 is 21.6 Å². The van der Waals surface area contributed by atoms with Crippen molar-refractivity contribution < 1.29 is 9.84 Å². The largest absolute Gasteiger partial charge is 0.495 e. The van der Waals surface area contributed by atoms with E-state index in [1.165, 1.54) is 0 Å². The molecule has 5 nitrogen and oxygen atoms in total. The normalized spacial score (nSPS) is 12.4. The van der Waals surface area contributed by atoms with E-state index in [9.17, 15) is 5.11 Å². The Kier molecular flexibility index (Phi) is 4.67. The molecule has 0 aliphatic rings. The Morgan fingerprint density at radius 3 is 2.90 bits per heavy atom. The van der Waals surface area contributed by atoms with Crippen LogP contribution < -0.4 is 10.5 Å². The third kappa shape index (κ3) is 2.66. The zero-order valence-electron chi connectivity index (χ0n) is 11.5. The average Bonchev–Trinajstić information content (AvgIpc) is 2.80. The molecule has 2 rings (SSSR count). The van der Waals surface area contributed by atoms with Gasteiger partial charge in [0.15, 0.2) is 0 Å². The predicted molar refractivity (Wildman–Crippen MR) is 81.7 cm³/mol. The van der Waals surface area contributed by atoms with Crippen LogP contribution in [0.1, 0.15) is 30.7 Å². The molecule has 0 saturated carbocycles. The molecule has 1 aromatic carbocycles. The number of nitrogens with two attached hydrogens (primary N) is 1. The van der Waals surface area contributed by atoms with E-state index in [1.807, 2.05) is 6.07 Å². The molecule has 0 bridgehead atoms. The molecular formula is C14H18BrN3O2. The van der Waals surface area contributed by atoms with Crippen molar-refractivity contribution in [1.82, 2.24) is 9.78 Å². The first-order valence-corrected chi connectivity index (χ1v) is 7.21. The van der Waals surface area contributed by atoms with Crippen LogP contribution >= 0.6 is 15.9 Å². The summed E-state index contributed by atoms with van der Waals surface area (Å²) in [6, 6.07) is 5.37. The molecule has 6 heteroatoms. The van der Waals surface area contributed by atoms with Gasteiger partial charge in [-0.15, -0.1) is 0 Å². The third-order valence-electron chi connectivity index (χ3n) is 3.14. The molecule has 1 atom stereocenters. The number of aryl methyl sites for hydroxylation is 1. The van der Waals surface area contributed by atoms with Gasteiger partial charge >= 0.3 is 0 Å². The van der Waals surface area contributed by atoms with Gasteiger partial charge in [0, 0.05) is 12.1 Å². The molecule has 0 fully saturated rings.